The Morgan fingerprint density at radius 1 is 1.30 bits per heavy atom. The number of nitrogens with two attached hydrogens (primary N) is 1. The van der Waals surface area contributed by atoms with Crippen LogP contribution in [0.4, 0.5) is 8.78 Å². The van der Waals surface area contributed by atoms with Crippen LogP contribution in [0.15, 0.2) is 24.3 Å². The number of amides is 1. The van der Waals surface area contributed by atoms with E-state index in [0.717, 1.165) is 30.5 Å². The first kappa shape index (κ1) is 15.9. The molecule has 3 rings (SSSR count). The Bertz CT molecular complexity index is 692. The molecule has 1 fully saturated rings. The van der Waals surface area contributed by atoms with E-state index in [0.29, 0.717) is 35.7 Å². The van der Waals surface area contributed by atoms with Crippen molar-refractivity contribution in [2.45, 2.75) is 32.4 Å². The van der Waals surface area contributed by atoms with Gasteiger partial charge in [0.25, 0.3) is 0 Å². The molecule has 0 spiro atoms. The van der Waals surface area contributed by atoms with Gasteiger partial charge in [-0.05, 0) is 44.0 Å². The predicted molar refractivity (Wildman–Crippen MR) is 82.8 cm³/mol. The first-order valence-corrected chi connectivity index (χ1v) is 7.79. The SMILES string of the molecule is NC(=O)CC1CCN(Cc2nc3ccccc3n2C(F)F)CC1. The highest BCUT2D eigenvalue weighted by molar-refractivity contribution is 5.76. The maximum Gasteiger partial charge on any atom is 0.320 e. The molecule has 0 saturated carbocycles. The number of rotatable bonds is 5. The second-order valence-corrected chi connectivity index (χ2v) is 6.05. The quantitative estimate of drug-likeness (QED) is 0.920. The Hall–Kier alpha value is -2.02. The van der Waals surface area contributed by atoms with Gasteiger partial charge in [-0.1, -0.05) is 12.1 Å². The molecule has 1 aliphatic rings. The fourth-order valence-electron chi connectivity index (χ4n) is 3.26. The van der Waals surface area contributed by atoms with Gasteiger partial charge in [-0.3, -0.25) is 14.3 Å². The second kappa shape index (κ2) is 6.62. The number of primary amides is 1. The number of para-hydroxylation sites is 2. The van der Waals surface area contributed by atoms with Crippen molar-refractivity contribution in [3.8, 4) is 0 Å². The van der Waals surface area contributed by atoms with Crippen molar-refractivity contribution in [1.82, 2.24) is 14.5 Å². The fraction of sp³-hybridized carbons (Fsp3) is 0.500. The molecule has 1 amide bonds. The van der Waals surface area contributed by atoms with Crippen molar-refractivity contribution in [2.24, 2.45) is 11.7 Å². The number of halogens is 2. The number of carbonyl (C=O) groups excluding carboxylic acids is 1. The molecule has 1 aromatic heterocycles. The first-order chi connectivity index (χ1) is 11.0. The number of imidazole rings is 1. The summed E-state index contributed by atoms with van der Waals surface area (Å²) in [5.41, 5.74) is 6.28. The number of aromatic nitrogens is 2. The Morgan fingerprint density at radius 2 is 2.00 bits per heavy atom. The highest BCUT2D eigenvalue weighted by atomic mass is 19.3. The average Bonchev–Trinajstić information content (AvgIpc) is 2.86. The van der Waals surface area contributed by atoms with E-state index in [-0.39, 0.29) is 5.91 Å². The maximum absolute atomic E-state index is 13.4. The number of hydrogen-bond acceptors (Lipinski definition) is 3. The van der Waals surface area contributed by atoms with E-state index < -0.39 is 6.55 Å². The number of hydrogen-bond donors (Lipinski definition) is 1. The van der Waals surface area contributed by atoms with Crippen LogP contribution in [0.25, 0.3) is 11.0 Å². The van der Waals surface area contributed by atoms with Crippen molar-refractivity contribution in [3.05, 3.63) is 30.1 Å². The summed E-state index contributed by atoms with van der Waals surface area (Å²) in [6, 6.07) is 6.94. The van der Waals surface area contributed by atoms with Crippen molar-refractivity contribution in [3.63, 3.8) is 0 Å². The molecule has 0 bridgehead atoms. The van der Waals surface area contributed by atoms with E-state index in [2.05, 4.69) is 9.88 Å². The number of alkyl halides is 2. The number of piperidine rings is 1. The normalized spacial score (nSPS) is 17.2. The molecule has 0 radical (unpaired) electrons. The molecule has 0 atom stereocenters. The molecule has 2 heterocycles. The molecule has 124 valence electrons. The largest absolute Gasteiger partial charge is 0.370 e. The molecule has 2 N–H and O–H groups in total. The summed E-state index contributed by atoms with van der Waals surface area (Å²) < 4.78 is 27.8. The Kier molecular flexibility index (Phi) is 4.56. The van der Waals surface area contributed by atoms with Crippen molar-refractivity contribution >= 4 is 16.9 Å². The first-order valence-electron chi connectivity index (χ1n) is 7.79. The van der Waals surface area contributed by atoms with Gasteiger partial charge in [-0.2, -0.15) is 8.78 Å². The monoisotopic (exact) mass is 322 g/mol. The van der Waals surface area contributed by atoms with Gasteiger partial charge in [-0.15, -0.1) is 0 Å². The number of benzene rings is 1. The number of nitrogens with zero attached hydrogens (tertiary/aromatic N) is 3. The third-order valence-corrected chi connectivity index (χ3v) is 4.43. The van der Waals surface area contributed by atoms with Crippen LogP contribution < -0.4 is 5.73 Å². The van der Waals surface area contributed by atoms with Gasteiger partial charge < -0.3 is 5.73 Å². The van der Waals surface area contributed by atoms with Gasteiger partial charge in [0.15, 0.2) is 0 Å². The lowest BCUT2D eigenvalue weighted by Gasteiger charge is -2.31. The highest BCUT2D eigenvalue weighted by Crippen LogP contribution is 2.26. The lowest BCUT2D eigenvalue weighted by atomic mass is 9.93. The van der Waals surface area contributed by atoms with E-state index >= 15 is 0 Å². The van der Waals surface area contributed by atoms with Crippen LogP contribution in [0.3, 0.4) is 0 Å². The van der Waals surface area contributed by atoms with Crippen LogP contribution in [-0.4, -0.2) is 33.4 Å². The summed E-state index contributed by atoms with van der Waals surface area (Å²) in [7, 11) is 0. The highest BCUT2D eigenvalue weighted by Gasteiger charge is 2.24. The minimum atomic E-state index is -2.61. The van der Waals surface area contributed by atoms with Crippen LogP contribution in [0.1, 0.15) is 31.6 Å². The Labute approximate surface area is 133 Å². The molecule has 1 aromatic carbocycles. The summed E-state index contributed by atoms with van der Waals surface area (Å²) in [6.07, 6.45) is 2.12. The zero-order valence-electron chi connectivity index (χ0n) is 12.8. The summed E-state index contributed by atoms with van der Waals surface area (Å²) >= 11 is 0. The van der Waals surface area contributed by atoms with E-state index in [1.165, 1.54) is 0 Å². The van der Waals surface area contributed by atoms with E-state index in [1.807, 2.05) is 0 Å². The number of likely N-dealkylation sites (tertiary alicyclic amines) is 1. The van der Waals surface area contributed by atoms with Gasteiger partial charge in [0.2, 0.25) is 5.91 Å². The number of fused-ring (bicyclic) bond motifs is 1. The molecular weight excluding hydrogens is 302 g/mol. The van der Waals surface area contributed by atoms with Crippen LogP contribution in [0.2, 0.25) is 0 Å². The molecule has 1 aliphatic heterocycles. The summed E-state index contributed by atoms with van der Waals surface area (Å²) in [5.74, 6) is 0.412. The fourth-order valence-corrected chi connectivity index (χ4v) is 3.26. The molecule has 2 aromatic rings. The predicted octanol–water partition coefficient (Wildman–Crippen LogP) is 2.52. The van der Waals surface area contributed by atoms with Crippen LogP contribution >= 0.6 is 0 Å². The molecule has 5 nitrogen and oxygen atoms in total. The van der Waals surface area contributed by atoms with Gasteiger partial charge in [0.05, 0.1) is 17.6 Å². The van der Waals surface area contributed by atoms with E-state index in [4.69, 9.17) is 5.73 Å². The summed E-state index contributed by atoms with van der Waals surface area (Å²) in [4.78, 5) is 17.4. The van der Waals surface area contributed by atoms with E-state index in [9.17, 15) is 13.6 Å². The average molecular weight is 322 g/mol. The standard InChI is InChI=1S/C16H20F2N4O/c17-16(18)22-13-4-2-1-3-12(13)20-15(22)10-21-7-5-11(6-8-21)9-14(19)23/h1-4,11,16H,5-10H2,(H2,19,23). The van der Waals surface area contributed by atoms with Crippen molar-refractivity contribution in [2.75, 3.05) is 13.1 Å². The van der Waals surface area contributed by atoms with Crippen molar-refractivity contribution < 1.29 is 13.6 Å². The van der Waals surface area contributed by atoms with Gasteiger partial charge in [-0.25, -0.2) is 4.98 Å². The lowest BCUT2D eigenvalue weighted by Crippen LogP contribution is -2.35. The zero-order valence-corrected chi connectivity index (χ0v) is 12.8. The van der Waals surface area contributed by atoms with Crippen LogP contribution in [-0.2, 0) is 11.3 Å². The minimum Gasteiger partial charge on any atom is -0.370 e. The third-order valence-electron chi connectivity index (χ3n) is 4.43. The number of carbonyl (C=O) groups is 1. The molecule has 0 unspecified atom stereocenters. The Balaban J connectivity index is 1.72. The maximum atomic E-state index is 13.4. The molecular formula is C16H20F2N4O. The van der Waals surface area contributed by atoms with Crippen LogP contribution in [0, 0.1) is 5.92 Å². The van der Waals surface area contributed by atoms with Gasteiger partial charge in [0, 0.05) is 6.42 Å². The van der Waals surface area contributed by atoms with E-state index in [1.54, 1.807) is 24.3 Å². The Morgan fingerprint density at radius 3 is 2.65 bits per heavy atom. The smallest absolute Gasteiger partial charge is 0.320 e. The summed E-state index contributed by atoms with van der Waals surface area (Å²) in [6.45, 7) is -0.679. The zero-order chi connectivity index (χ0) is 16.4. The molecule has 23 heavy (non-hydrogen) atoms. The van der Waals surface area contributed by atoms with Crippen LogP contribution in [0.5, 0.6) is 0 Å². The van der Waals surface area contributed by atoms with Gasteiger partial charge in [0.1, 0.15) is 5.82 Å². The molecule has 0 aliphatic carbocycles. The third kappa shape index (κ3) is 3.50. The summed E-state index contributed by atoms with van der Waals surface area (Å²) in [5, 5.41) is 0. The molecule has 7 heteroatoms. The topological polar surface area (TPSA) is 64.2 Å². The lowest BCUT2D eigenvalue weighted by molar-refractivity contribution is -0.119. The second-order valence-electron chi connectivity index (χ2n) is 6.05. The van der Waals surface area contributed by atoms with Gasteiger partial charge >= 0.3 is 6.55 Å². The minimum absolute atomic E-state index is 0.275. The molecule has 1 saturated heterocycles. The van der Waals surface area contributed by atoms with Crippen molar-refractivity contribution in [1.29, 1.82) is 0 Å².